The predicted molar refractivity (Wildman–Crippen MR) is 74.6 cm³/mol. The van der Waals surface area contributed by atoms with Crippen molar-refractivity contribution in [2.45, 2.75) is 51.0 Å². The SMILES string of the molecule is O=C(C1C2CCCC21)N(CC1CCCNC1)C1CC1. The van der Waals surface area contributed by atoms with Gasteiger partial charge in [-0.25, -0.2) is 0 Å². The van der Waals surface area contributed by atoms with Crippen LogP contribution in [0.1, 0.15) is 44.9 Å². The number of hydrogen-bond donors (Lipinski definition) is 1. The fourth-order valence-corrected chi connectivity index (χ4v) is 4.54. The number of piperidine rings is 1. The second-order valence-corrected chi connectivity index (χ2v) is 7.22. The summed E-state index contributed by atoms with van der Waals surface area (Å²) in [7, 11) is 0. The van der Waals surface area contributed by atoms with Crippen LogP contribution in [0.25, 0.3) is 0 Å². The summed E-state index contributed by atoms with van der Waals surface area (Å²) in [6, 6.07) is 0.607. The first-order chi connectivity index (χ1) is 9.34. The minimum Gasteiger partial charge on any atom is -0.339 e. The van der Waals surface area contributed by atoms with Crippen molar-refractivity contribution in [3.8, 4) is 0 Å². The van der Waals surface area contributed by atoms with E-state index in [1.165, 1.54) is 51.5 Å². The maximum atomic E-state index is 12.8. The van der Waals surface area contributed by atoms with Gasteiger partial charge in [0.25, 0.3) is 0 Å². The summed E-state index contributed by atoms with van der Waals surface area (Å²) < 4.78 is 0. The van der Waals surface area contributed by atoms with Crippen LogP contribution in [0.5, 0.6) is 0 Å². The van der Waals surface area contributed by atoms with Crippen LogP contribution in [0.2, 0.25) is 0 Å². The Balaban J connectivity index is 1.39. The highest BCUT2D eigenvalue weighted by Crippen LogP contribution is 2.58. The summed E-state index contributed by atoms with van der Waals surface area (Å²) in [4.78, 5) is 15.1. The molecule has 0 aromatic rings. The molecule has 3 nitrogen and oxygen atoms in total. The average molecular weight is 262 g/mol. The van der Waals surface area contributed by atoms with Gasteiger partial charge in [-0.1, -0.05) is 6.42 Å². The molecule has 0 radical (unpaired) electrons. The fraction of sp³-hybridized carbons (Fsp3) is 0.938. The Morgan fingerprint density at radius 1 is 1.05 bits per heavy atom. The molecule has 0 aromatic heterocycles. The van der Waals surface area contributed by atoms with Crippen LogP contribution in [-0.4, -0.2) is 36.5 Å². The molecule has 3 unspecified atom stereocenters. The van der Waals surface area contributed by atoms with Gasteiger partial charge in [-0.2, -0.15) is 0 Å². The van der Waals surface area contributed by atoms with Crippen LogP contribution >= 0.6 is 0 Å². The molecule has 1 N–H and O–H groups in total. The fourth-order valence-electron chi connectivity index (χ4n) is 4.54. The quantitative estimate of drug-likeness (QED) is 0.840. The molecule has 1 amide bonds. The van der Waals surface area contributed by atoms with Gasteiger partial charge in [-0.15, -0.1) is 0 Å². The first-order valence-corrected chi connectivity index (χ1v) is 8.36. The van der Waals surface area contributed by atoms with Crippen molar-refractivity contribution in [1.82, 2.24) is 10.2 Å². The van der Waals surface area contributed by atoms with Crippen molar-refractivity contribution in [3.63, 3.8) is 0 Å². The van der Waals surface area contributed by atoms with Crippen molar-refractivity contribution in [3.05, 3.63) is 0 Å². The van der Waals surface area contributed by atoms with E-state index in [1.54, 1.807) is 0 Å². The van der Waals surface area contributed by atoms with Gasteiger partial charge in [0.05, 0.1) is 0 Å². The Morgan fingerprint density at radius 2 is 1.84 bits per heavy atom. The molecular formula is C16H26N2O. The Bertz CT molecular complexity index is 350. The van der Waals surface area contributed by atoms with Gasteiger partial charge in [0.2, 0.25) is 5.91 Å². The molecule has 3 heteroatoms. The molecule has 3 aliphatic carbocycles. The summed E-state index contributed by atoms with van der Waals surface area (Å²) in [6.45, 7) is 3.32. The largest absolute Gasteiger partial charge is 0.339 e. The zero-order valence-corrected chi connectivity index (χ0v) is 11.8. The first kappa shape index (κ1) is 12.2. The molecule has 0 spiro atoms. The number of carbonyl (C=O) groups excluding carboxylic acids is 1. The number of hydrogen-bond acceptors (Lipinski definition) is 2. The number of nitrogens with one attached hydrogen (secondary N) is 1. The number of carbonyl (C=O) groups is 1. The third-order valence-corrected chi connectivity index (χ3v) is 5.82. The molecule has 4 rings (SSSR count). The van der Waals surface area contributed by atoms with Crippen molar-refractivity contribution >= 4 is 5.91 Å². The predicted octanol–water partition coefficient (Wildman–Crippen LogP) is 2.02. The summed E-state index contributed by atoms with van der Waals surface area (Å²) >= 11 is 0. The lowest BCUT2D eigenvalue weighted by molar-refractivity contribution is -0.134. The van der Waals surface area contributed by atoms with Gasteiger partial charge >= 0.3 is 0 Å². The lowest BCUT2D eigenvalue weighted by Crippen LogP contribution is -2.43. The second kappa shape index (κ2) is 4.76. The normalized spacial score (nSPS) is 40.8. The monoisotopic (exact) mass is 262 g/mol. The van der Waals surface area contributed by atoms with E-state index in [9.17, 15) is 4.79 Å². The number of rotatable bonds is 4. The summed E-state index contributed by atoms with van der Waals surface area (Å²) in [6.07, 6.45) is 9.12. The van der Waals surface area contributed by atoms with E-state index in [0.29, 0.717) is 23.8 Å². The molecule has 106 valence electrons. The zero-order chi connectivity index (χ0) is 12.8. The topological polar surface area (TPSA) is 32.3 Å². The number of fused-ring (bicyclic) bond motifs is 1. The highest BCUT2D eigenvalue weighted by molar-refractivity contribution is 5.83. The second-order valence-electron chi connectivity index (χ2n) is 7.22. The van der Waals surface area contributed by atoms with Gasteiger partial charge in [0, 0.05) is 18.5 Å². The van der Waals surface area contributed by atoms with E-state index in [1.807, 2.05) is 0 Å². The van der Waals surface area contributed by atoms with Crippen LogP contribution in [0.3, 0.4) is 0 Å². The summed E-state index contributed by atoms with van der Waals surface area (Å²) in [5.41, 5.74) is 0. The molecule has 0 bridgehead atoms. The van der Waals surface area contributed by atoms with Gasteiger partial charge in [-0.3, -0.25) is 4.79 Å². The molecule has 1 aliphatic heterocycles. The Hall–Kier alpha value is -0.570. The molecule has 3 saturated carbocycles. The third-order valence-electron chi connectivity index (χ3n) is 5.82. The minimum atomic E-state index is 0.436. The zero-order valence-electron chi connectivity index (χ0n) is 11.8. The van der Waals surface area contributed by atoms with E-state index < -0.39 is 0 Å². The average Bonchev–Trinajstić information content (AvgIpc) is 3.35. The van der Waals surface area contributed by atoms with E-state index in [2.05, 4.69) is 10.2 Å². The van der Waals surface area contributed by atoms with Crippen LogP contribution in [0, 0.1) is 23.7 Å². The molecular weight excluding hydrogens is 236 g/mol. The Kier molecular flexibility index (Phi) is 3.06. The number of nitrogens with zero attached hydrogens (tertiary/aromatic N) is 1. The smallest absolute Gasteiger partial charge is 0.226 e. The van der Waals surface area contributed by atoms with Crippen molar-refractivity contribution in [2.75, 3.05) is 19.6 Å². The molecule has 0 aromatic carbocycles. The van der Waals surface area contributed by atoms with Crippen LogP contribution in [0.15, 0.2) is 0 Å². The Labute approximate surface area is 116 Å². The maximum Gasteiger partial charge on any atom is 0.226 e. The molecule has 1 saturated heterocycles. The highest BCUT2D eigenvalue weighted by Gasteiger charge is 2.58. The summed E-state index contributed by atoms with van der Waals surface area (Å²) in [5, 5.41) is 3.49. The van der Waals surface area contributed by atoms with E-state index >= 15 is 0 Å². The lowest BCUT2D eigenvalue weighted by atomic mass is 9.98. The molecule has 19 heavy (non-hydrogen) atoms. The molecule has 1 heterocycles. The third kappa shape index (κ3) is 2.31. The van der Waals surface area contributed by atoms with Crippen LogP contribution in [0.4, 0.5) is 0 Å². The lowest BCUT2D eigenvalue weighted by Gasteiger charge is -2.31. The standard InChI is InChI=1S/C16H26N2O/c19-16(15-13-4-1-5-14(13)15)18(12-6-7-12)10-11-3-2-8-17-9-11/h11-15,17H,1-10H2. The van der Waals surface area contributed by atoms with Gasteiger partial charge in [-0.05, 0) is 69.4 Å². The minimum absolute atomic E-state index is 0.436. The maximum absolute atomic E-state index is 12.8. The molecule has 3 atom stereocenters. The number of amides is 1. The van der Waals surface area contributed by atoms with Gasteiger partial charge in [0.1, 0.15) is 0 Å². The Morgan fingerprint density at radius 3 is 2.47 bits per heavy atom. The van der Waals surface area contributed by atoms with E-state index in [0.717, 1.165) is 24.9 Å². The van der Waals surface area contributed by atoms with Crippen molar-refractivity contribution in [1.29, 1.82) is 0 Å². The summed E-state index contributed by atoms with van der Waals surface area (Å²) in [5.74, 6) is 3.22. The van der Waals surface area contributed by atoms with Gasteiger partial charge < -0.3 is 10.2 Å². The molecule has 4 fully saturated rings. The van der Waals surface area contributed by atoms with Crippen molar-refractivity contribution in [2.24, 2.45) is 23.7 Å². The first-order valence-electron chi connectivity index (χ1n) is 8.36. The highest BCUT2D eigenvalue weighted by atomic mass is 16.2. The van der Waals surface area contributed by atoms with E-state index in [4.69, 9.17) is 0 Å². The van der Waals surface area contributed by atoms with Crippen LogP contribution in [-0.2, 0) is 4.79 Å². The van der Waals surface area contributed by atoms with Gasteiger partial charge in [0.15, 0.2) is 0 Å². The van der Waals surface area contributed by atoms with E-state index in [-0.39, 0.29) is 0 Å². The van der Waals surface area contributed by atoms with Crippen LogP contribution < -0.4 is 5.32 Å². The van der Waals surface area contributed by atoms with Crippen molar-refractivity contribution < 1.29 is 4.79 Å². The molecule has 4 aliphatic rings.